The fourth-order valence-electron chi connectivity index (χ4n) is 4.40. The van der Waals surface area contributed by atoms with Gasteiger partial charge in [0.1, 0.15) is 29.1 Å². The number of ether oxygens (including phenoxy) is 5. The molecule has 0 fully saturated rings. The van der Waals surface area contributed by atoms with E-state index in [2.05, 4.69) is 0 Å². The molecular formula is C34H36F3NO10. The van der Waals surface area contributed by atoms with Crippen LogP contribution in [0.3, 0.4) is 0 Å². The van der Waals surface area contributed by atoms with Gasteiger partial charge >= 0.3 is 24.3 Å². The van der Waals surface area contributed by atoms with E-state index in [4.69, 9.17) is 23.7 Å². The third kappa shape index (κ3) is 9.69. The van der Waals surface area contributed by atoms with Gasteiger partial charge in [0.05, 0.1) is 29.1 Å². The summed E-state index contributed by atoms with van der Waals surface area (Å²) in [6.07, 6.45) is -6.49. The molecule has 0 bridgehead atoms. The number of nitro benzene ring substituents is 1. The smallest absolute Gasteiger partial charge is 0.489 e. The van der Waals surface area contributed by atoms with Crippen LogP contribution in [0.1, 0.15) is 81.4 Å². The molecule has 0 saturated carbocycles. The van der Waals surface area contributed by atoms with Gasteiger partial charge in [-0.25, -0.2) is 9.59 Å². The monoisotopic (exact) mass is 675 g/mol. The Hall–Kier alpha value is -5.14. The lowest BCUT2D eigenvalue weighted by Crippen LogP contribution is -2.29. The van der Waals surface area contributed by atoms with Crippen molar-refractivity contribution in [1.29, 1.82) is 0 Å². The zero-order valence-corrected chi connectivity index (χ0v) is 27.6. The number of halogens is 3. The summed E-state index contributed by atoms with van der Waals surface area (Å²) in [4.78, 5) is 49.1. The second kappa shape index (κ2) is 14.3. The highest BCUT2D eigenvalue weighted by Crippen LogP contribution is 2.41. The molecule has 0 aromatic heterocycles. The van der Waals surface area contributed by atoms with Gasteiger partial charge in [-0.15, -0.1) is 0 Å². The SMILES string of the molecule is COC(=O)C(C)c1ccc(-c2ccc(OCc3ccc(C(F)(F)F)c(OC(=O)OC(C)(C)C)c3C(=O)OC(C)(C)C)cc2)c([N+](=O)[O-])c1. The standard InChI is InChI=1S/C34H36F3NO10/c1-19(29(39)44-8)21-11-15-24(26(17-21)38(42)43)20-9-13-23(14-10-20)45-18-22-12-16-25(34(35,36)37)28(46-31(41)48-33(5,6)7)27(22)30(40)47-32(2,3)4/h9-17,19H,18H2,1-8H3. The van der Waals surface area contributed by atoms with Crippen LogP contribution in [0.4, 0.5) is 23.7 Å². The van der Waals surface area contributed by atoms with Gasteiger partial charge in [-0.3, -0.25) is 14.9 Å². The molecule has 3 aromatic rings. The van der Waals surface area contributed by atoms with E-state index in [9.17, 15) is 37.7 Å². The minimum Gasteiger partial charge on any atom is -0.489 e. The molecular weight excluding hydrogens is 639 g/mol. The van der Waals surface area contributed by atoms with E-state index in [0.717, 1.165) is 6.07 Å². The van der Waals surface area contributed by atoms with E-state index in [-0.39, 0.29) is 22.6 Å². The summed E-state index contributed by atoms with van der Waals surface area (Å²) in [6.45, 7) is 10.1. The van der Waals surface area contributed by atoms with Gasteiger partial charge in [0, 0.05) is 11.6 Å². The lowest BCUT2D eigenvalue weighted by atomic mass is 9.96. The van der Waals surface area contributed by atoms with Crippen molar-refractivity contribution in [2.24, 2.45) is 0 Å². The van der Waals surface area contributed by atoms with Gasteiger partial charge in [0.25, 0.3) is 5.69 Å². The maximum Gasteiger partial charge on any atom is 0.514 e. The average molecular weight is 676 g/mol. The quantitative estimate of drug-likeness (QED) is 0.0714. The Bertz CT molecular complexity index is 1690. The van der Waals surface area contributed by atoms with Crippen molar-refractivity contribution in [3.63, 3.8) is 0 Å². The van der Waals surface area contributed by atoms with Gasteiger partial charge in [0.15, 0.2) is 5.75 Å². The van der Waals surface area contributed by atoms with Gasteiger partial charge in [0.2, 0.25) is 0 Å². The van der Waals surface area contributed by atoms with E-state index in [1.807, 2.05) is 0 Å². The Morgan fingerprint density at radius 1 is 0.875 bits per heavy atom. The fourth-order valence-corrected chi connectivity index (χ4v) is 4.40. The maximum atomic E-state index is 14.1. The van der Waals surface area contributed by atoms with Crippen LogP contribution in [0.15, 0.2) is 54.6 Å². The summed E-state index contributed by atoms with van der Waals surface area (Å²) < 4.78 is 68.2. The summed E-state index contributed by atoms with van der Waals surface area (Å²) in [5.41, 5.74) is -3.58. The van der Waals surface area contributed by atoms with Crippen LogP contribution in [-0.4, -0.2) is 41.3 Å². The molecule has 0 aliphatic heterocycles. The molecule has 14 heteroatoms. The molecule has 48 heavy (non-hydrogen) atoms. The minimum atomic E-state index is -5.03. The molecule has 0 spiro atoms. The van der Waals surface area contributed by atoms with Crippen molar-refractivity contribution in [2.75, 3.05) is 7.11 Å². The maximum absolute atomic E-state index is 14.1. The predicted molar refractivity (Wildman–Crippen MR) is 167 cm³/mol. The number of carbonyl (C=O) groups is 3. The van der Waals surface area contributed by atoms with Gasteiger partial charge in [-0.05, 0) is 83.9 Å². The largest absolute Gasteiger partial charge is 0.514 e. The molecule has 0 heterocycles. The highest BCUT2D eigenvalue weighted by atomic mass is 19.4. The summed E-state index contributed by atoms with van der Waals surface area (Å²) in [6, 6.07) is 12.0. The number of alkyl halides is 3. The first-order valence-corrected chi connectivity index (χ1v) is 14.6. The lowest BCUT2D eigenvalue weighted by molar-refractivity contribution is -0.384. The molecule has 1 unspecified atom stereocenters. The number of nitro groups is 1. The lowest BCUT2D eigenvalue weighted by Gasteiger charge is -2.24. The van der Waals surface area contributed by atoms with E-state index in [1.165, 1.54) is 85.1 Å². The average Bonchev–Trinajstić information content (AvgIpc) is 2.96. The zero-order valence-electron chi connectivity index (χ0n) is 27.6. The molecule has 258 valence electrons. The van der Waals surface area contributed by atoms with E-state index in [1.54, 1.807) is 13.0 Å². The molecule has 3 aromatic carbocycles. The molecule has 0 aliphatic carbocycles. The highest BCUT2D eigenvalue weighted by molar-refractivity contribution is 5.96. The van der Waals surface area contributed by atoms with Crippen LogP contribution < -0.4 is 9.47 Å². The number of hydrogen-bond donors (Lipinski definition) is 0. The van der Waals surface area contributed by atoms with Gasteiger partial charge < -0.3 is 23.7 Å². The summed E-state index contributed by atoms with van der Waals surface area (Å²) in [7, 11) is 1.22. The number of rotatable bonds is 9. The topological polar surface area (TPSA) is 140 Å². The number of hydrogen-bond acceptors (Lipinski definition) is 10. The van der Waals surface area contributed by atoms with Gasteiger partial charge in [-0.1, -0.05) is 24.3 Å². The van der Waals surface area contributed by atoms with Crippen molar-refractivity contribution in [1.82, 2.24) is 0 Å². The second-order valence-corrected chi connectivity index (χ2v) is 12.6. The van der Waals surface area contributed by atoms with E-state index in [0.29, 0.717) is 17.2 Å². The Labute approximate surface area is 275 Å². The fraction of sp³-hybridized carbons (Fsp3) is 0.382. The normalized spacial score (nSPS) is 12.5. The minimum absolute atomic E-state index is 0.0918. The first kappa shape index (κ1) is 37.3. The third-order valence-corrected chi connectivity index (χ3v) is 6.56. The highest BCUT2D eigenvalue weighted by Gasteiger charge is 2.40. The van der Waals surface area contributed by atoms with Crippen LogP contribution in [-0.2, 0) is 31.8 Å². The Morgan fingerprint density at radius 3 is 2.00 bits per heavy atom. The molecule has 3 rings (SSSR count). The van der Waals surface area contributed by atoms with Crippen LogP contribution >= 0.6 is 0 Å². The van der Waals surface area contributed by atoms with E-state index < -0.39 is 69.8 Å². The van der Waals surface area contributed by atoms with E-state index >= 15 is 0 Å². The third-order valence-electron chi connectivity index (χ3n) is 6.56. The second-order valence-electron chi connectivity index (χ2n) is 12.6. The summed E-state index contributed by atoms with van der Waals surface area (Å²) in [5.74, 6) is -3.38. The van der Waals surface area contributed by atoms with Crippen LogP contribution in [0.25, 0.3) is 11.1 Å². The summed E-state index contributed by atoms with van der Waals surface area (Å²) >= 11 is 0. The zero-order chi connectivity index (χ0) is 36.2. The van der Waals surface area contributed by atoms with Crippen LogP contribution in [0.5, 0.6) is 11.5 Å². The molecule has 0 radical (unpaired) electrons. The Kier molecular flexibility index (Phi) is 11.1. The van der Waals surface area contributed by atoms with Crippen molar-refractivity contribution in [3.8, 4) is 22.6 Å². The molecule has 0 N–H and O–H groups in total. The first-order chi connectivity index (χ1) is 22.1. The number of carbonyl (C=O) groups excluding carboxylic acids is 3. The number of methoxy groups -OCH3 is 1. The van der Waals surface area contributed by atoms with Crippen molar-refractivity contribution in [3.05, 3.63) is 87.0 Å². The molecule has 0 amide bonds. The molecule has 1 atom stereocenters. The molecule has 0 aliphatic rings. The van der Waals surface area contributed by atoms with Crippen molar-refractivity contribution >= 4 is 23.8 Å². The molecule has 11 nitrogen and oxygen atoms in total. The first-order valence-electron chi connectivity index (χ1n) is 14.6. The van der Waals surface area contributed by atoms with Crippen LogP contribution in [0.2, 0.25) is 0 Å². The Balaban J connectivity index is 2.00. The van der Waals surface area contributed by atoms with Crippen LogP contribution in [0, 0.1) is 10.1 Å². The number of esters is 2. The van der Waals surface area contributed by atoms with Crippen molar-refractivity contribution < 1.29 is 56.2 Å². The van der Waals surface area contributed by atoms with Crippen molar-refractivity contribution in [2.45, 2.75) is 78.4 Å². The molecule has 0 saturated heterocycles. The number of benzene rings is 3. The number of nitrogens with zero attached hydrogens (tertiary/aromatic N) is 1. The summed E-state index contributed by atoms with van der Waals surface area (Å²) in [5, 5.41) is 11.9. The Morgan fingerprint density at radius 2 is 1.48 bits per heavy atom. The van der Waals surface area contributed by atoms with Gasteiger partial charge in [-0.2, -0.15) is 13.2 Å². The predicted octanol–water partition coefficient (Wildman–Crippen LogP) is 8.41.